The lowest BCUT2D eigenvalue weighted by molar-refractivity contribution is -0.142. The summed E-state index contributed by atoms with van der Waals surface area (Å²) in [6, 6.07) is 11.8. The van der Waals surface area contributed by atoms with Crippen molar-refractivity contribution in [1.29, 1.82) is 0 Å². The molecule has 1 atom stereocenters. The van der Waals surface area contributed by atoms with Crippen molar-refractivity contribution in [3.8, 4) is 11.5 Å². The fourth-order valence-corrected chi connectivity index (χ4v) is 2.14. The van der Waals surface area contributed by atoms with Crippen LogP contribution in [0.1, 0.15) is 17.0 Å². The SMILES string of the molecule is O=C(O)C(C(=O)Cc1cccc(O)c1)c1cccc(O)c1. The molecule has 108 valence electrons. The number of aliphatic carboxylic acids is 1. The normalized spacial score (nSPS) is 11.8. The Morgan fingerprint density at radius 1 is 0.952 bits per heavy atom. The molecular weight excluding hydrogens is 272 g/mol. The van der Waals surface area contributed by atoms with Crippen molar-refractivity contribution in [3.63, 3.8) is 0 Å². The van der Waals surface area contributed by atoms with Gasteiger partial charge in [0, 0.05) is 6.42 Å². The summed E-state index contributed by atoms with van der Waals surface area (Å²) in [5.74, 6) is -3.21. The number of carbonyl (C=O) groups excluding carboxylic acids is 1. The van der Waals surface area contributed by atoms with Crippen LogP contribution in [0, 0.1) is 0 Å². The molecule has 2 aromatic rings. The highest BCUT2D eigenvalue weighted by molar-refractivity contribution is 6.04. The van der Waals surface area contributed by atoms with Gasteiger partial charge in [-0.05, 0) is 35.4 Å². The minimum Gasteiger partial charge on any atom is -0.508 e. The van der Waals surface area contributed by atoms with Gasteiger partial charge in [0.05, 0.1) is 0 Å². The average molecular weight is 286 g/mol. The Bertz CT molecular complexity index is 678. The Hall–Kier alpha value is -2.82. The van der Waals surface area contributed by atoms with Gasteiger partial charge in [0.15, 0.2) is 5.78 Å². The molecule has 0 aromatic heterocycles. The molecule has 0 saturated heterocycles. The number of hydrogen-bond acceptors (Lipinski definition) is 4. The van der Waals surface area contributed by atoms with Crippen LogP contribution in [-0.2, 0) is 16.0 Å². The van der Waals surface area contributed by atoms with Gasteiger partial charge < -0.3 is 15.3 Å². The number of hydrogen-bond donors (Lipinski definition) is 3. The van der Waals surface area contributed by atoms with E-state index < -0.39 is 17.7 Å². The predicted octanol–water partition coefficient (Wildman–Crippen LogP) is 2.08. The molecule has 0 heterocycles. The van der Waals surface area contributed by atoms with Gasteiger partial charge >= 0.3 is 5.97 Å². The molecule has 0 aliphatic rings. The molecule has 0 saturated carbocycles. The number of aromatic hydroxyl groups is 2. The number of benzene rings is 2. The summed E-state index contributed by atoms with van der Waals surface area (Å²) in [5.41, 5.74) is 0.763. The number of carboxylic acid groups (broad SMARTS) is 1. The first-order valence-corrected chi connectivity index (χ1v) is 6.29. The number of carbonyl (C=O) groups is 2. The number of phenolic OH excluding ortho intramolecular Hbond substituents is 2. The topological polar surface area (TPSA) is 94.8 Å². The zero-order valence-electron chi connectivity index (χ0n) is 11.1. The third-order valence-electron chi connectivity index (χ3n) is 3.06. The fraction of sp³-hybridized carbons (Fsp3) is 0.125. The van der Waals surface area contributed by atoms with Crippen molar-refractivity contribution in [2.45, 2.75) is 12.3 Å². The Morgan fingerprint density at radius 2 is 1.57 bits per heavy atom. The Morgan fingerprint density at radius 3 is 2.14 bits per heavy atom. The van der Waals surface area contributed by atoms with Crippen LogP contribution in [0.5, 0.6) is 11.5 Å². The number of carboxylic acids is 1. The quantitative estimate of drug-likeness (QED) is 0.731. The van der Waals surface area contributed by atoms with Crippen LogP contribution < -0.4 is 0 Å². The minimum atomic E-state index is -1.35. The molecular formula is C16H14O5. The van der Waals surface area contributed by atoms with Crippen LogP contribution in [0.4, 0.5) is 0 Å². The molecule has 3 N–H and O–H groups in total. The summed E-state index contributed by atoms with van der Waals surface area (Å²) in [5, 5.41) is 28.0. The fourth-order valence-electron chi connectivity index (χ4n) is 2.14. The molecule has 0 spiro atoms. The molecule has 1 unspecified atom stereocenters. The van der Waals surface area contributed by atoms with Crippen LogP contribution in [0.15, 0.2) is 48.5 Å². The number of ketones is 1. The highest BCUT2D eigenvalue weighted by Gasteiger charge is 2.28. The van der Waals surface area contributed by atoms with Gasteiger partial charge in [-0.2, -0.15) is 0 Å². The third-order valence-corrected chi connectivity index (χ3v) is 3.06. The van der Waals surface area contributed by atoms with Crippen LogP contribution >= 0.6 is 0 Å². The first-order valence-electron chi connectivity index (χ1n) is 6.29. The van der Waals surface area contributed by atoms with Crippen molar-refractivity contribution in [3.05, 3.63) is 59.7 Å². The molecule has 0 amide bonds. The molecule has 5 nitrogen and oxygen atoms in total. The Kier molecular flexibility index (Phi) is 4.23. The van der Waals surface area contributed by atoms with Crippen LogP contribution in [-0.4, -0.2) is 27.1 Å². The van der Waals surface area contributed by atoms with Gasteiger partial charge in [-0.1, -0.05) is 24.3 Å². The van der Waals surface area contributed by atoms with Gasteiger partial charge in [0.2, 0.25) is 0 Å². The molecule has 0 aliphatic heterocycles. The lowest BCUT2D eigenvalue weighted by Gasteiger charge is -2.12. The maximum Gasteiger partial charge on any atom is 0.318 e. The summed E-state index contributed by atoms with van der Waals surface area (Å²) >= 11 is 0. The van der Waals surface area contributed by atoms with Crippen molar-refractivity contribution in [2.75, 3.05) is 0 Å². The summed E-state index contributed by atoms with van der Waals surface area (Å²) in [4.78, 5) is 23.6. The minimum absolute atomic E-state index is 0.0181. The Balaban J connectivity index is 2.26. The lowest BCUT2D eigenvalue weighted by Crippen LogP contribution is -2.23. The zero-order valence-corrected chi connectivity index (χ0v) is 11.1. The van der Waals surface area contributed by atoms with Crippen LogP contribution in [0.25, 0.3) is 0 Å². The average Bonchev–Trinajstić information content (AvgIpc) is 2.38. The van der Waals surface area contributed by atoms with E-state index in [0.717, 1.165) is 0 Å². The Labute approximate surface area is 121 Å². The van der Waals surface area contributed by atoms with Crippen molar-refractivity contribution < 1.29 is 24.9 Å². The van der Waals surface area contributed by atoms with E-state index >= 15 is 0 Å². The van der Waals surface area contributed by atoms with E-state index in [0.29, 0.717) is 5.56 Å². The molecule has 5 heteroatoms. The first kappa shape index (κ1) is 14.6. The van der Waals surface area contributed by atoms with Gasteiger partial charge in [0.1, 0.15) is 17.4 Å². The second kappa shape index (κ2) is 6.09. The number of rotatable bonds is 5. The molecule has 2 aromatic carbocycles. The second-order valence-electron chi connectivity index (χ2n) is 4.68. The largest absolute Gasteiger partial charge is 0.508 e. The number of phenols is 2. The predicted molar refractivity (Wildman–Crippen MR) is 75.3 cm³/mol. The maximum absolute atomic E-state index is 12.2. The number of Topliss-reactive ketones (excluding diaryl/α,β-unsaturated/α-hetero) is 1. The highest BCUT2D eigenvalue weighted by atomic mass is 16.4. The zero-order chi connectivity index (χ0) is 15.4. The van der Waals surface area contributed by atoms with Gasteiger partial charge in [-0.3, -0.25) is 9.59 Å². The molecule has 0 fully saturated rings. The summed E-state index contributed by atoms with van der Waals surface area (Å²) in [7, 11) is 0. The smallest absolute Gasteiger partial charge is 0.318 e. The van der Waals surface area contributed by atoms with Crippen molar-refractivity contribution >= 4 is 11.8 Å². The van der Waals surface area contributed by atoms with Crippen molar-refractivity contribution in [1.82, 2.24) is 0 Å². The van der Waals surface area contributed by atoms with E-state index in [1.54, 1.807) is 12.1 Å². The highest BCUT2D eigenvalue weighted by Crippen LogP contribution is 2.23. The summed E-state index contributed by atoms with van der Waals surface area (Å²) < 4.78 is 0. The monoisotopic (exact) mass is 286 g/mol. The molecule has 0 radical (unpaired) electrons. The van der Waals surface area contributed by atoms with Crippen molar-refractivity contribution in [2.24, 2.45) is 0 Å². The maximum atomic E-state index is 12.2. The first-order chi connectivity index (χ1) is 9.97. The molecule has 2 rings (SSSR count). The van der Waals surface area contributed by atoms with Crippen LogP contribution in [0.3, 0.4) is 0 Å². The van der Waals surface area contributed by atoms with E-state index in [9.17, 15) is 24.9 Å². The third kappa shape index (κ3) is 3.60. The molecule has 0 bridgehead atoms. The van der Waals surface area contributed by atoms with Gasteiger partial charge in [0.25, 0.3) is 0 Å². The van der Waals surface area contributed by atoms with E-state index in [1.165, 1.54) is 36.4 Å². The molecule has 21 heavy (non-hydrogen) atoms. The van der Waals surface area contributed by atoms with E-state index in [2.05, 4.69) is 0 Å². The van der Waals surface area contributed by atoms with Gasteiger partial charge in [-0.15, -0.1) is 0 Å². The van der Waals surface area contributed by atoms with E-state index in [4.69, 9.17) is 0 Å². The summed E-state index contributed by atoms with van der Waals surface area (Å²) in [6.45, 7) is 0. The standard InChI is InChI=1S/C16H14O5/c17-12-5-1-3-10(7-12)8-14(19)15(16(20)21)11-4-2-6-13(18)9-11/h1-7,9,15,17-18H,8H2,(H,20,21). The molecule has 0 aliphatic carbocycles. The second-order valence-corrected chi connectivity index (χ2v) is 4.68. The van der Waals surface area contributed by atoms with E-state index in [1.807, 2.05) is 0 Å². The van der Waals surface area contributed by atoms with Crippen LogP contribution in [0.2, 0.25) is 0 Å². The van der Waals surface area contributed by atoms with E-state index in [-0.39, 0.29) is 23.5 Å². The summed E-state index contributed by atoms with van der Waals surface area (Å²) in [6.07, 6.45) is -0.110. The lowest BCUT2D eigenvalue weighted by atomic mass is 9.91. The van der Waals surface area contributed by atoms with Gasteiger partial charge in [-0.25, -0.2) is 0 Å².